The summed E-state index contributed by atoms with van der Waals surface area (Å²) in [7, 11) is 0. The molecule has 0 radical (unpaired) electrons. The van der Waals surface area contributed by atoms with Crippen molar-refractivity contribution in [2.75, 3.05) is 6.61 Å². The predicted octanol–water partition coefficient (Wildman–Crippen LogP) is 3.11. The van der Waals surface area contributed by atoms with Crippen LogP contribution in [-0.4, -0.2) is 28.4 Å². The van der Waals surface area contributed by atoms with Gasteiger partial charge in [0, 0.05) is 5.02 Å². The highest BCUT2D eigenvalue weighted by Gasteiger charge is 2.30. The molecule has 2 N–H and O–H groups in total. The van der Waals surface area contributed by atoms with Crippen molar-refractivity contribution in [3.63, 3.8) is 0 Å². The summed E-state index contributed by atoms with van der Waals surface area (Å²) in [5.41, 5.74) is -0.819. The molecule has 1 aromatic carbocycles. The van der Waals surface area contributed by atoms with Gasteiger partial charge in [0.05, 0.1) is 5.60 Å². The fourth-order valence-corrected chi connectivity index (χ4v) is 2.53. The maximum Gasteiger partial charge on any atom is 0.339 e. The van der Waals surface area contributed by atoms with Gasteiger partial charge in [0.15, 0.2) is 0 Å². The zero-order valence-corrected chi connectivity index (χ0v) is 11.3. The standard InChI is InChI=1S/C14H17ClO4/c15-10-4-5-12(11(8-10)13(16)17)19-9-14(18)6-2-1-3-7-14/h4-5,8,18H,1-3,6-7,9H2,(H,16,17). The molecule has 0 heterocycles. The van der Waals surface area contributed by atoms with Gasteiger partial charge in [-0.2, -0.15) is 0 Å². The van der Waals surface area contributed by atoms with Gasteiger partial charge < -0.3 is 14.9 Å². The number of halogens is 1. The van der Waals surface area contributed by atoms with E-state index < -0.39 is 11.6 Å². The third kappa shape index (κ3) is 3.61. The highest BCUT2D eigenvalue weighted by atomic mass is 35.5. The lowest BCUT2D eigenvalue weighted by Gasteiger charge is -2.31. The Labute approximate surface area is 117 Å². The van der Waals surface area contributed by atoms with Crippen LogP contribution in [0.5, 0.6) is 5.75 Å². The van der Waals surface area contributed by atoms with E-state index in [1.54, 1.807) is 6.07 Å². The lowest BCUT2D eigenvalue weighted by molar-refractivity contribution is -0.0341. The Morgan fingerprint density at radius 1 is 1.32 bits per heavy atom. The molecular weight excluding hydrogens is 268 g/mol. The highest BCUT2D eigenvalue weighted by Crippen LogP contribution is 2.30. The van der Waals surface area contributed by atoms with E-state index >= 15 is 0 Å². The third-order valence-corrected chi connectivity index (χ3v) is 3.69. The van der Waals surface area contributed by atoms with Crippen molar-refractivity contribution >= 4 is 17.6 Å². The Morgan fingerprint density at radius 2 is 2.00 bits per heavy atom. The molecule has 1 aromatic rings. The molecule has 19 heavy (non-hydrogen) atoms. The second-order valence-corrected chi connectivity index (χ2v) is 5.46. The lowest BCUT2D eigenvalue weighted by Crippen LogP contribution is -2.38. The molecular formula is C14H17ClO4. The van der Waals surface area contributed by atoms with Crippen molar-refractivity contribution < 1.29 is 19.7 Å². The SMILES string of the molecule is O=C(O)c1cc(Cl)ccc1OCC1(O)CCCCC1. The summed E-state index contributed by atoms with van der Waals surface area (Å²) < 4.78 is 5.51. The van der Waals surface area contributed by atoms with E-state index in [0.717, 1.165) is 19.3 Å². The Morgan fingerprint density at radius 3 is 2.63 bits per heavy atom. The van der Waals surface area contributed by atoms with E-state index in [1.807, 2.05) is 0 Å². The maximum absolute atomic E-state index is 11.1. The Kier molecular flexibility index (Phi) is 4.32. The molecule has 4 nitrogen and oxygen atoms in total. The van der Waals surface area contributed by atoms with Crippen molar-refractivity contribution in [3.8, 4) is 5.75 Å². The number of carbonyl (C=O) groups is 1. The maximum atomic E-state index is 11.1. The zero-order valence-electron chi connectivity index (χ0n) is 10.6. The second kappa shape index (κ2) is 5.80. The van der Waals surface area contributed by atoms with Gasteiger partial charge in [-0.15, -0.1) is 0 Å². The summed E-state index contributed by atoms with van der Waals surface area (Å²) in [6, 6.07) is 4.45. The van der Waals surface area contributed by atoms with Crippen LogP contribution in [0.1, 0.15) is 42.5 Å². The van der Waals surface area contributed by atoms with Gasteiger partial charge in [-0.3, -0.25) is 0 Å². The first kappa shape index (κ1) is 14.2. The number of benzene rings is 1. The average molecular weight is 285 g/mol. The summed E-state index contributed by atoms with van der Waals surface area (Å²) in [6.07, 6.45) is 4.48. The summed E-state index contributed by atoms with van der Waals surface area (Å²) in [5, 5.41) is 19.8. The van der Waals surface area contributed by atoms with Crippen LogP contribution in [0.4, 0.5) is 0 Å². The normalized spacial score (nSPS) is 18.0. The molecule has 1 saturated carbocycles. The molecule has 5 heteroatoms. The van der Waals surface area contributed by atoms with Crippen LogP contribution >= 0.6 is 11.6 Å². The van der Waals surface area contributed by atoms with Gasteiger partial charge in [-0.25, -0.2) is 4.79 Å². The minimum absolute atomic E-state index is 0.0203. The summed E-state index contributed by atoms with van der Waals surface area (Å²) in [4.78, 5) is 11.1. The fourth-order valence-electron chi connectivity index (χ4n) is 2.36. The first-order chi connectivity index (χ1) is 9.00. The number of carboxylic acid groups (broad SMARTS) is 1. The average Bonchev–Trinajstić information content (AvgIpc) is 2.38. The molecule has 0 spiro atoms. The molecule has 0 amide bonds. The summed E-state index contributed by atoms with van der Waals surface area (Å²) in [6.45, 7) is 0.120. The Hall–Kier alpha value is -1.26. The first-order valence-corrected chi connectivity index (χ1v) is 6.76. The van der Waals surface area contributed by atoms with Crippen LogP contribution in [0.2, 0.25) is 5.02 Å². The second-order valence-electron chi connectivity index (χ2n) is 5.02. The van der Waals surface area contributed by atoms with Gasteiger partial charge in [0.1, 0.15) is 17.9 Å². The number of rotatable bonds is 4. The summed E-state index contributed by atoms with van der Waals surface area (Å²) >= 11 is 5.77. The van der Waals surface area contributed by atoms with Gasteiger partial charge >= 0.3 is 5.97 Å². The number of carboxylic acids is 1. The van der Waals surface area contributed by atoms with E-state index in [4.69, 9.17) is 21.4 Å². The molecule has 1 aliphatic carbocycles. The van der Waals surface area contributed by atoms with Crippen LogP contribution in [0, 0.1) is 0 Å². The van der Waals surface area contributed by atoms with Crippen molar-refractivity contribution in [3.05, 3.63) is 28.8 Å². The van der Waals surface area contributed by atoms with Crippen molar-refractivity contribution in [2.24, 2.45) is 0 Å². The van der Waals surface area contributed by atoms with Crippen LogP contribution in [0.25, 0.3) is 0 Å². The van der Waals surface area contributed by atoms with E-state index in [1.165, 1.54) is 12.1 Å². The van der Waals surface area contributed by atoms with Crippen LogP contribution in [0.15, 0.2) is 18.2 Å². The minimum atomic E-state index is -1.09. The Balaban J connectivity index is 2.08. The largest absolute Gasteiger partial charge is 0.490 e. The topological polar surface area (TPSA) is 66.8 Å². The van der Waals surface area contributed by atoms with Crippen molar-refractivity contribution in [2.45, 2.75) is 37.7 Å². The summed E-state index contributed by atoms with van der Waals surface area (Å²) in [5.74, 6) is -0.843. The van der Waals surface area contributed by atoms with Crippen molar-refractivity contribution in [1.29, 1.82) is 0 Å². The number of hydrogen-bond acceptors (Lipinski definition) is 3. The van der Waals surface area contributed by atoms with Crippen LogP contribution in [-0.2, 0) is 0 Å². The quantitative estimate of drug-likeness (QED) is 0.891. The number of aromatic carboxylic acids is 1. The van der Waals surface area contributed by atoms with E-state index in [9.17, 15) is 9.90 Å². The molecule has 0 atom stereocenters. The van der Waals surface area contributed by atoms with Gasteiger partial charge in [-0.05, 0) is 31.0 Å². The number of ether oxygens (including phenoxy) is 1. The molecule has 1 fully saturated rings. The predicted molar refractivity (Wildman–Crippen MR) is 71.9 cm³/mol. The molecule has 104 valence electrons. The van der Waals surface area contributed by atoms with Crippen LogP contribution < -0.4 is 4.74 Å². The zero-order chi connectivity index (χ0) is 13.9. The van der Waals surface area contributed by atoms with Gasteiger partial charge in [-0.1, -0.05) is 30.9 Å². The monoisotopic (exact) mass is 284 g/mol. The lowest BCUT2D eigenvalue weighted by atomic mass is 9.85. The molecule has 0 bridgehead atoms. The molecule has 0 aliphatic heterocycles. The number of aliphatic hydroxyl groups is 1. The van der Waals surface area contributed by atoms with Crippen LogP contribution in [0.3, 0.4) is 0 Å². The van der Waals surface area contributed by atoms with Gasteiger partial charge in [0.25, 0.3) is 0 Å². The smallest absolute Gasteiger partial charge is 0.339 e. The fraction of sp³-hybridized carbons (Fsp3) is 0.500. The highest BCUT2D eigenvalue weighted by molar-refractivity contribution is 6.31. The van der Waals surface area contributed by atoms with Gasteiger partial charge in [0.2, 0.25) is 0 Å². The molecule has 2 rings (SSSR count). The third-order valence-electron chi connectivity index (χ3n) is 3.45. The molecule has 1 aliphatic rings. The van der Waals surface area contributed by atoms with E-state index in [0.29, 0.717) is 17.9 Å². The van der Waals surface area contributed by atoms with E-state index in [-0.39, 0.29) is 17.9 Å². The van der Waals surface area contributed by atoms with E-state index in [2.05, 4.69) is 0 Å². The molecule has 0 saturated heterocycles. The Bertz CT molecular complexity index is 467. The molecule has 0 aromatic heterocycles. The number of hydrogen-bond donors (Lipinski definition) is 2. The minimum Gasteiger partial charge on any atom is -0.490 e. The molecule has 0 unspecified atom stereocenters. The first-order valence-electron chi connectivity index (χ1n) is 6.38. The van der Waals surface area contributed by atoms with Crippen molar-refractivity contribution in [1.82, 2.24) is 0 Å².